The first kappa shape index (κ1) is 18.4. The number of rotatable bonds is 6. The van der Waals surface area contributed by atoms with Gasteiger partial charge in [0.1, 0.15) is 0 Å². The number of Topliss-reactive ketones (excluding diaryl/α,β-unsaturated/α-hetero) is 1. The lowest BCUT2D eigenvalue weighted by Crippen LogP contribution is -2.23. The third-order valence-electron chi connectivity index (χ3n) is 4.61. The predicted octanol–water partition coefficient (Wildman–Crippen LogP) is 4.15. The largest absolute Gasteiger partial charge is 0.411 e. The van der Waals surface area contributed by atoms with Gasteiger partial charge in [0.2, 0.25) is 11.8 Å². The van der Waals surface area contributed by atoms with E-state index < -0.39 is 0 Å². The number of thioether (sulfide) groups is 1. The van der Waals surface area contributed by atoms with Gasteiger partial charge in [-0.25, -0.2) is 0 Å². The Morgan fingerprint density at radius 2 is 1.86 bits per heavy atom. The Hall–Kier alpha value is -2.93. The number of ketones is 1. The van der Waals surface area contributed by atoms with Gasteiger partial charge in [-0.15, -0.1) is 10.2 Å². The number of anilines is 1. The van der Waals surface area contributed by atoms with Crippen molar-refractivity contribution < 1.29 is 14.0 Å². The van der Waals surface area contributed by atoms with E-state index in [0.29, 0.717) is 23.1 Å². The molecule has 0 spiro atoms. The third kappa shape index (κ3) is 3.99. The molecule has 0 N–H and O–H groups in total. The van der Waals surface area contributed by atoms with Crippen molar-refractivity contribution in [3.63, 3.8) is 0 Å². The van der Waals surface area contributed by atoms with Crippen molar-refractivity contribution in [1.82, 2.24) is 10.2 Å². The summed E-state index contributed by atoms with van der Waals surface area (Å²) in [6, 6.07) is 15.0. The van der Waals surface area contributed by atoms with Crippen LogP contribution in [0.15, 0.2) is 58.2 Å². The van der Waals surface area contributed by atoms with Crippen molar-refractivity contribution in [3.8, 4) is 11.5 Å². The fourth-order valence-electron chi connectivity index (χ4n) is 3.04. The highest BCUT2D eigenvalue weighted by Crippen LogP contribution is 2.25. The average molecular weight is 393 g/mol. The average Bonchev–Trinajstić information content (AvgIpc) is 3.36. The fraction of sp³-hybridized carbons (Fsp3) is 0.238. The monoisotopic (exact) mass is 393 g/mol. The Morgan fingerprint density at radius 3 is 2.54 bits per heavy atom. The van der Waals surface area contributed by atoms with E-state index in [0.717, 1.165) is 29.8 Å². The molecule has 0 aliphatic carbocycles. The topological polar surface area (TPSA) is 76.3 Å². The Labute approximate surface area is 167 Å². The van der Waals surface area contributed by atoms with E-state index in [1.165, 1.54) is 11.8 Å². The van der Waals surface area contributed by atoms with Crippen molar-refractivity contribution >= 4 is 29.1 Å². The van der Waals surface area contributed by atoms with Gasteiger partial charge in [0.25, 0.3) is 5.22 Å². The van der Waals surface area contributed by atoms with E-state index in [1.54, 1.807) is 17.0 Å². The summed E-state index contributed by atoms with van der Waals surface area (Å²) in [4.78, 5) is 26.0. The molecule has 0 radical (unpaired) electrons. The molecule has 1 aliphatic heterocycles. The van der Waals surface area contributed by atoms with Gasteiger partial charge in [-0.05, 0) is 49.7 Å². The van der Waals surface area contributed by atoms with Gasteiger partial charge in [-0.2, -0.15) is 0 Å². The minimum atomic E-state index is -0.0283. The molecule has 1 saturated heterocycles. The fourth-order valence-corrected chi connectivity index (χ4v) is 3.70. The zero-order valence-corrected chi connectivity index (χ0v) is 16.2. The first-order chi connectivity index (χ1) is 13.6. The van der Waals surface area contributed by atoms with Crippen LogP contribution in [-0.2, 0) is 4.79 Å². The molecule has 0 unspecified atom stereocenters. The summed E-state index contributed by atoms with van der Waals surface area (Å²) in [6.07, 6.45) is 1.47. The van der Waals surface area contributed by atoms with E-state index in [2.05, 4.69) is 10.2 Å². The summed E-state index contributed by atoms with van der Waals surface area (Å²) in [6.45, 7) is 2.75. The number of carbonyl (C=O) groups excluding carboxylic acids is 2. The second-order valence-corrected chi connectivity index (χ2v) is 7.57. The first-order valence-electron chi connectivity index (χ1n) is 9.07. The second kappa shape index (κ2) is 7.98. The Balaban J connectivity index is 1.36. The highest BCUT2D eigenvalue weighted by molar-refractivity contribution is 7.99. The number of aromatic nitrogens is 2. The number of nitrogens with zero attached hydrogens (tertiary/aromatic N) is 3. The predicted molar refractivity (Wildman–Crippen MR) is 108 cm³/mol. The Bertz CT molecular complexity index is 996. The molecule has 4 rings (SSSR count). The number of benzene rings is 2. The van der Waals surface area contributed by atoms with Crippen LogP contribution in [-0.4, -0.2) is 34.2 Å². The van der Waals surface area contributed by atoms with Crippen molar-refractivity contribution in [3.05, 3.63) is 59.7 Å². The molecule has 1 aliphatic rings. The number of carbonyl (C=O) groups is 2. The highest BCUT2D eigenvalue weighted by atomic mass is 32.2. The van der Waals surface area contributed by atoms with Crippen molar-refractivity contribution in [2.75, 3.05) is 17.2 Å². The van der Waals surface area contributed by atoms with E-state index >= 15 is 0 Å². The van der Waals surface area contributed by atoms with Gasteiger partial charge in [-0.3, -0.25) is 9.59 Å². The first-order valence-corrected chi connectivity index (χ1v) is 10.1. The highest BCUT2D eigenvalue weighted by Gasteiger charge is 2.21. The number of hydrogen-bond acceptors (Lipinski definition) is 6. The van der Waals surface area contributed by atoms with Crippen LogP contribution in [0.1, 0.15) is 28.8 Å². The van der Waals surface area contributed by atoms with Crippen LogP contribution in [0.25, 0.3) is 11.5 Å². The van der Waals surface area contributed by atoms with Crippen molar-refractivity contribution in [1.29, 1.82) is 0 Å². The summed E-state index contributed by atoms with van der Waals surface area (Å²) in [7, 11) is 0. The maximum Gasteiger partial charge on any atom is 0.277 e. The zero-order chi connectivity index (χ0) is 19.5. The van der Waals surface area contributed by atoms with Crippen LogP contribution in [0.5, 0.6) is 0 Å². The maximum atomic E-state index is 12.4. The molecular weight excluding hydrogens is 374 g/mol. The van der Waals surface area contributed by atoms with Gasteiger partial charge in [0, 0.05) is 29.8 Å². The Morgan fingerprint density at radius 1 is 1.11 bits per heavy atom. The second-order valence-electron chi connectivity index (χ2n) is 6.65. The lowest BCUT2D eigenvalue weighted by molar-refractivity contribution is -0.117. The van der Waals surface area contributed by atoms with Crippen molar-refractivity contribution in [2.24, 2.45) is 0 Å². The number of hydrogen-bond donors (Lipinski definition) is 0. The molecule has 0 saturated carbocycles. The molecule has 0 bridgehead atoms. The lowest BCUT2D eigenvalue weighted by Gasteiger charge is -2.15. The summed E-state index contributed by atoms with van der Waals surface area (Å²) in [5.41, 5.74) is 3.44. The molecule has 1 aromatic heterocycles. The smallest absolute Gasteiger partial charge is 0.277 e. The minimum Gasteiger partial charge on any atom is -0.411 e. The summed E-state index contributed by atoms with van der Waals surface area (Å²) in [5, 5.41) is 8.41. The normalized spacial score (nSPS) is 13.9. The SMILES string of the molecule is Cc1ccc(-c2nnc(SCC(=O)c3ccc(N4CCCC4=O)cc3)o2)cc1. The molecule has 2 heterocycles. The standard InChI is InChI=1S/C21H19N3O3S/c1-14-4-6-16(7-5-14)20-22-23-21(27-20)28-13-18(25)15-8-10-17(11-9-15)24-12-2-3-19(24)26/h4-11H,2-3,12-13H2,1H3. The van der Waals surface area contributed by atoms with Crippen LogP contribution >= 0.6 is 11.8 Å². The molecule has 7 heteroatoms. The quantitative estimate of drug-likeness (QED) is 0.463. The molecule has 6 nitrogen and oxygen atoms in total. The van der Waals surface area contributed by atoms with E-state index in [1.807, 2.05) is 43.3 Å². The molecular formula is C21H19N3O3S. The minimum absolute atomic E-state index is 0.0283. The van der Waals surface area contributed by atoms with E-state index in [4.69, 9.17) is 4.42 Å². The van der Waals surface area contributed by atoms with Crippen LogP contribution in [0, 0.1) is 6.92 Å². The molecule has 142 valence electrons. The van der Waals surface area contributed by atoms with Gasteiger partial charge in [0.05, 0.1) is 5.75 Å². The lowest BCUT2D eigenvalue weighted by atomic mass is 10.1. The Kier molecular flexibility index (Phi) is 5.25. The number of amides is 1. The van der Waals surface area contributed by atoms with Crippen LogP contribution in [0.4, 0.5) is 5.69 Å². The molecule has 28 heavy (non-hydrogen) atoms. The van der Waals surface area contributed by atoms with Crippen LogP contribution < -0.4 is 4.90 Å². The summed E-state index contributed by atoms with van der Waals surface area (Å²) >= 11 is 1.22. The van der Waals surface area contributed by atoms with Crippen LogP contribution in [0.3, 0.4) is 0 Å². The molecule has 1 amide bonds. The van der Waals surface area contributed by atoms with Gasteiger partial charge in [-0.1, -0.05) is 29.5 Å². The summed E-state index contributed by atoms with van der Waals surface area (Å²) < 4.78 is 5.64. The van der Waals surface area contributed by atoms with Gasteiger partial charge in [0.15, 0.2) is 5.78 Å². The van der Waals surface area contributed by atoms with Gasteiger partial charge < -0.3 is 9.32 Å². The number of aryl methyl sites for hydroxylation is 1. The van der Waals surface area contributed by atoms with Crippen LogP contribution in [0.2, 0.25) is 0 Å². The van der Waals surface area contributed by atoms with Gasteiger partial charge >= 0.3 is 0 Å². The molecule has 2 aromatic carbocycles. The maximum absolute atomic E-state index is 12.4. The molecule has 0 atom stereocenters. The zero-order valence-electron chi connectivity index (χ0n) is 15.4. The molecule has 3 aromatic rings. The summed E-state index contributed by atoms with van der Waals surface area (Å²) in [5.74, 6) is 0.752. The molecule has 1 fully saturated rings. The van der Waals surface area contributed by atoms with E-state index in [-0.39, 0.29) is 17.4 Å². The van der Waals surface area contributed by atoms with Crippen molar-refractivity contribution in [2.45, 2.75) is 25.0 Å². The third-order valence-corrected chi connectivity index (χ3v) is 5.42. The van der Waals surface area contributed by atoms with E-state index in [9.17, 15) is 9.59 Å².